The van der Waals surface area contributed by atoms with Crippen molar-refractivity contribution < 1.29 is 27.5 Å². The third kappa shape index (κ3) is 5.84. The SMILES string of the molecule is CC(C)(C)C(=O)COC(=O)c1ccccc1C(=O)N1CCN(S(=O)(=O)c2cccc(Cl)c2)CC1. The van der Waals surface area contributed by atoms with Gasteiger partial charge in [0, 0.05) is 36.6 Å². The average Bonchev–Trinajstić information content (AvgIpc) is 2.81. The van der Waals surface area contributed by atoms with E-state index < -0.39 is 27.3 Å². The van der Waals surface area contributed by atoms with E-state index in [9.17, 15) is 22.8 Å². The van der Waals surface area contributed by atoms with Crippen molar-refractivity contribution in [3.63, 3.8) is 0 Å². The van der Waals surface area contributed by atoms with Crippen LogP contribution >= 0.6 is 11.6 Å². The number of Topliss-reactive ketones (excluding diaryl/α,β-unsaturated/α-hetero) is 1. The van der Waals surface area contributed by atoms with Crippen molar-refractivity contribution in [1.29, 1.82) is 0 Å². The van der Waals surface area contributed by atoms with Crippen molar-refractivity contribution in [2.75, 3.05) is 32.8 Å². The normalized spacial score (nSPS) is 15.1. The first kappa shape index (κ1) is 25.9. The lowest BCUT2D eigenvalue weighted by molar-refractivity contribution is -0.129. The van der Waals surface area contributed by atoms with E-state index in [0.29, 0.717) is 5.02 Å². The minimum absolute atomic E-state index is 0.0585. The summed E-state index contributed by atoms with van der Waals surface area (Å²) in [5.41, 5.74) is -0.453. The monoisotopic (exact) mass is 506 g/mol. The molecule has 0 bridgehead atoms. The summed E-state index contributed by atoms with van der Waals surface area (Å²) in [7, 11) is -3.74. The van der Waals surface area contributed by atoms with Gasteiger partial charge in [-0.3, -0.25) is 9.59 Å². The standard InChI is InChI=1S/C24H27ClN2O6S/c1-24(2,3)21(28)16-33-23(30)20-10-5-4-9-19(20)22(29)26-11-13-27(14-12-26)34(31,32)18-8-6-7-17(25)15-18/h4-10,15H,11-14,16H2,1-3H3. The topological polar surface area (TPSA) is 101 Å². The highest BCUT2D eigenvalue weighted by Crippen LogP contribution is 2.22. The van der Waals surface area contributed by atoms with Gasteiger partial charge in [-0.15, -0.1) is 0 Å². The number of amides is 1. The molecule has 8 nitrogen and oxygen atoms in total. The first-order valence-corrected chi connectivity index (χ1v) is 12.6. The highest BCUT2D eigenvalue weighted by Gasteiger charge is 2.32. The van der Waals surface area contributed by atoms with E-state index >= 15 is 0 Å². The number of nitrogens with zero attached hydrogens (tertiary/aromatic N) is 2. The van der Waals surface area contributed by atoms with E-state index in [4.69, 9.17) is 16.3 Å². The van der Waals surface area contributed by atoms with Crippen LogP contribution in [0.3, 0.4) is 0 Å². The Bertz CT molecular complexity index is 1200. The second-order valence-corrected chi connectivity index (χ2v) is 11.3. The number of benzene rings is 2. The van der Waals surface area contributed by atoms with Crippen LogP contribution in [0.4, 0.5) is 0 Å². The number of ketones is 1. The third-order valence-corrected chi connectivity index (χ3v) is 7.64. The number of carbonyl (C=O) groups excluding carboxylic acids is 3. The number of piperazine rings is 1. The number of carbonyl (C=O) groups is 3. The summed E-state index contributed by atoms with van der Waals surface area (Å²) in [6.45, 7) is 5.33. The third-order valence-electron chi connectivity index (χ3n) is 5.51. The van der Waals surface area contributed by atoms with Gasteiger partial charge in [0.05, 0.1) is 16.0 Å². The average molecular weight is 507 g/mol. The number of hydrogen-bond acceptors (Lipinski definition) is 6. The van der Waals surface area contributed by atoms with Crippen LogP contribution in [0.1, 0.15) is 41.5 Å². The molecule has 10 heteroatoms. The van der Waals surface area contributed by atoms with Crippen LogP contribution in [0.25, 0.3) is 0 Å². The molecule has 0 aliphatic carbocycles. The summed E-state index contributed by atoms with van der Waals surface area (Å²) in [6, 6.07) is 12.2. The molecule has 1 aliphatic heterocycles. The van der Waals surface area contributed by atoms with E-state index in [1.165, 1.54) is 33.5 Å². The number of esters is 1. The Morgan fingerprint density at radius 1 is 0.941 bits per heavy atom. The first-order chi connectivity index (χ1) is 15.9. The maximum atomic E-state index is 13.2. The molecule has 34 heavy (non-hydrogen) atoms. The number of ether oxygens (including phenoxy) is 1. The molecule has 0 unspecified atom stereocenters. The van der Waals surface area contributed by atoms with Gasteiger partial charge in [0.2, 0.25) is 10.0 Å². The lowest BCUT2D eigenvalue weighted by Gasteiger charge is -2.34. The first-order valence-electron chi connectivity index (χ1n) is 10.8. The van der Waals surface area contributed by atoms with E-state index in [1.807, 2.05) is 0 Å². The second-order valence-electron chi connectivity index (χ2n) is 8.95. The maximum Gasteiger partial charge on any atom is 0.339 e. The fourth-order valence-corrected chi connectivity index (χ4v) is 5.07. The van der Waals surface area contributed by atoms with E-state index in [2.05, 4.69) is 0 Å². The highest BCUT2D eigenvalue weighted by molar-refractivity contribution is 7.89. The number of hydrogen-bond donors (Lipinski definition) is 0. The molecule has 0 saturated carbocycles. The number of halogens is 1. The Morgan fingerprint density at radius 2 is 1.56 bits per heavy atom. The molecule has 1 saturated heterocycles. The van der Waals surface area contributed by atoms with Gasteiger partial charge in [0.1, 0.15) is 0 Å². The van der Waals surface area contributed by atoms with Crippen LogP contribution in [0.2, 0.25) is 5.02 Å². The lowest BCUT2D eigenvalue weighted by atomic mass is 9.91. The molecule has 1 heterocycles. The van der Waals surface area contributed by atoms with Crippen molar-refractivity contribution in [2.24, 2.45) is 5.41 Å². The Kier molecular flexibility index (Phi) is 7.80. The van der Waals surface area contributed by atoms with Crippen molar-refractivity contribution >= 4 is 39.3 Å². The zero-order valence-electron chi connectivity index (χ0n) is 19.3. The smallest absolute Gasteiger partial charge is 0.339 e. The molecule has 2 aromatic carbocycles. The van der Waals surface area contributed by atoms with Crippen LogP contribution in [0, 0.1) is 5.41 Å². The lowest BCUT2D eigenvalue weighted by Crippen LogP contribution is -2.50. The Morgan fingerprint density at radius 3 is 2.15 bits per heavy atom. The summed E-state index contributed by atoms with van der Waals surface area (Å²) >= 11 is 5.93. The molecule has 0 radical (unpaired) electrons. The van der Waals surface area contributed by atoms with Crippen LogP contribution in [-0.4, -0.2) is 68.1 Å². The Balaban J connectivity index is 1.69. The van der Waals surface area contributed by atoms with Gasteiger partial charge in [0.25, 0.3) is 5.91 Å². The fourth-order valence-electron chi connectivity index (χ4n) is 3.35. The quantitative estimate of drug-likeness (QED) is 0.557. The van der Waals surface area contributed by atoms with Crippen molar-refractivity contribution in [2.45, 2.75) is 25.7 Å². The van der Waals surface area contributed by atoms with Crippen LogP contribution in [0.5, 0.6) is 0 Å². The minimum Gasteiger partial charge on any atom is -0.454 e. The number of sulfonamides is 1. The van der Waals surface area contributed by atoms with Gasteiger partial charge in [-0.1, -0.05) is 50.6 Å². The van der Waals surface area contributed by atoms with Crippen LogP contribution < -0.4 is 0 Å². The van der Waals surface area contributed by atoms with Gasteiger partial charge in [-0.2, -0.15) is 4.31 Å². The van der Waals surface area contributed by atoms with Crippen molar-refractivity contribution in [1.82, 2.24) is 9.21 Å². The molecule has 0 aromatic heterocycles. The number of rotatable bonds is 6. The molecule has 0 N–H and O–H groups in total. The summed E-state index contributed by atoms with van der Waals surface area (Å²) in [5, 5.41) is 0.322. The minimum atomic E-state index is -3.74. The molecule has 3 rings (SSSR count). The molecular formula is C24H27ClN2O6S. The second kappa shape index (κ2) is 10.2. The summed E-state index contributed by atoms with van der Waals surface area (Å²) in [4.78, 5) is 39.4. The predicted octanol–water partition coefficient (Wildman–Crippen LogP) is 3.26. The van der Waals surface area contributed by atoms with Crippen molar-refractivity contribution in [3.05, 3.63) is 64.7 Å². The molecule has 1 fully saturated rings. The van der Waals surface area contributed by atoms with Crippen LogP contribution in [-0.2, 0) is 19.6 Å². The summed E-state index contributed by atoms with van der Waals surface area (Å²) < 4.78 is 32.3. The zero-order valence-corrected chi connectivity index (χ0v) is 20.9. The Hall–Kier alpha value is -2.75. The highest BCUT2D eigenvalue weighted by atomic mass is 35.5. The van der Waals surface area contributed by atoms with E-state index in [-0.39, 0.29) is 54.6 Å². The molecule has 1 aliphatic rings. The fraction of sp³-hybridized carbons (Fsp3) is 0.375. The summed E-state index contributed by atoms with van der Waals surface area (Å²) in [6.07, 6.45) is 0. The van der Waals surface area contributed by atoms with Gasteiger partial charge in [-0.05, 0) is 30.3 Å². The van der Waals surface area contributed by atoms with Gasteiger partial charge in [0.15, 0.2) is 12.4 Å². The molecule has 2 aromatic rings. The molecule has 0 spiro atoms. The van der Waals surface area contributed by atoms with Gasteiger partial charge in [-0.25, -0.2) is 13.2 Å². The van der Waals surface area contributed by atoms with Gasteiger partial charge < -0.3 is 9.64 Å². The summed E-state index contributed by atoms with van der Waals surface area (Å²) in [5.74, 6) is -1.40. The molecule has 182 valence electrons. The molecule has 0 atom stereocenters. The largest absolute Gasteiger partial charge is 0.454 e. The Labute approximate surface area is 204 Å². The molecule has 1 amide bonds. The van der Waals surface area contributed by atoms with E-state index in [0.717, 1.165) is 0 Å². The van der Waals surface area contributed by atoms with E-state index in [1.54, 1.807) is 45.0 Å². The van der Waals surface area contributed by atoms with Crippen LogP contribution in [0.15, 0.2) is 53.4 Å². The molecular weight excluding hydrogens is 480 g/mol. The maximum absolute atomic E-state index is 13.2. The van der Waals surface area contributed by atoms with Gasteiger partial charge >= 0.3 is 5.97 Å². The predicted molar refractivity (Wildman–Crippen MR) is 127 cm³/mol. The zero-order chi connectivity index (χ0) is 25.1. The van der Waals surface area contributed by atoms with Crippen molar-refractivity contribution in [3.8, 4) is 0 Å².